The van der Waals surface area contributed by atoms with Crippen molar-refractivity contribution in [2.45, 2.75) is 26.3 Å². The van der Waals surface area contributed by atoms with Crippen LogP contribution in [0.3, 0.4) is 0 Å². The second-order valence-corrected chi connectivity index (χ2v) is 6.96. The topological polar surface area (TPSA) is 12.0 Å². The average molecular weight is 332 g/mol. The van der Waals surface area contributed by atoms with E-state index in [1.807, 2.05) is 12.1 Å². The minimum Gasteiger partial charge on any atom is -0.306 e. The highest BCUT2D eigenvalue weighted by Gasteiger charge is 2.19. The number of hydrogen-bond donors (Lipinski definition) is 1. The predicted molar refractivity (Wildman–Crippen MR) is 85.6 cm³/mol. The minimum atomic E-state index is -0.197. The summed E-state index contributed by atoms with van der Waals surface area (Å²) in [5.41, 5.74) is 2.57. The van der Waals surface area contributed by atoms with Gasteiger partial charge < -0.3 is 5.32 Å². The van der Waals surface area contributed by atoms with E-state index < -0.39 is 0 Å². The second kappa shape index (κ2) is 6.90. The Morgan fingerprint density at radius 2 is 2.05 bits per heavy atom. The van der Waals surface area contributed by atoms with Crippen LogP contribution in [0.4, 0.5) is 4.39 Å². The van der Waals surface area contributed by atoms with Gasteiger partial charge in [-0.2, -0.15) is 0 Å². The Bertz CT molecular complexity index is 598. The van der Waals surface area contributed by atoms with Crippen molar-refractivity contribution in [3.63, 3.8) is 0 Å². The SMILES string of the molecule is CCCNC(c1ccc(F)c(C)c1)c1cc(Cl)sc1Cl. The van der Waals surface area contributed by atoms with E-state index in [0.29, 0.717) is 14.2 Å². The summed E-state index contributed by atoms with van der Waals surface area (Å²) >= 11 is 13.6. The largest absolute Gasteiger partial charge is 0.306 e. The van der Waals surface area contributed by atoms with Crippen LogP contribution in [0.1, 0.15) is 36.1 Å². The highest BCUT2D eigenvalue weighted by atomic mass is 35.5. The maximum absolute atomic E-state index is 13.4. The van der Waals surface area contributed by atoms with Crippen LogP contribution in [0.25, 0.3) is 0 Å². The molecule has 2 aromatic rings. The molecule has 0 aliphatic carbocycles. The van der Waals surface area contributed by atoms with Crippen LogP contribution in [-0.2, 0) is 0 Å². The minimum absolute atomic E-state index is 0.0644. The van der Waals surface area contributed by atoms with E-state index >= 15 is 0 Å². The summed E-state index contributed by atoms with van der Waals surface area (Å²) < 4.78 is 14.8. The van der Waals surface area contributed by atoms with Gasteiger partial charge in [-0.05, 0) is 43.1 Å². The molecule has 5 heteroatoms. The van der Waals surface area contributed by atoms with Gasteiger partial charge in [-0.25, -0.2) is 4.39 Å². The first-order chi connectivity index (χ1) is 9.52. The number of aryl methyl sites for hydroxylation is 1. The fourth-order valence-electron chi connectivity index (χ4n) is 2.09. The molecule has 0 saturated heterocycles. The molecule has 1 atom stereocenters. The number of halogens is 3. The number of benzene rings is 1. The van der Waals surface area contributed by atoms with Gasteiger partial charge in [0, 0.05) is 5.56 Å². The molecule has 108 valence electrons. The third-order valence-corrected chi connectivity index (χ3v) is 4.63. The highest BCUT2D eigenvalue weighted by molar-refractivity contribution is 7.20. The van der Waals surface area contributed by atoms with E-state index in [1.54, 1.807) is 13.0 Å². The lowest BCUT2D eigenvalue weighted by molar-refractivity contribution is 0.591. The quantitative estimate of drug-likeness (QED) is 0.752. The maximum atomic E-state index is 13.4. The van der Waals surface area contributed by atoms with Crippen molar-refractivity contribution in [2.75, 3.05) is 6.54 Å². The summed E-state index contributed by atoms with van der Waals surface area (Å²) in [6.45, 7) is 4.71. The molecule has 1 aromatic heterocycles. The van der Waals surface area contributed by atoms with Crippen molar-refractivity contribution in [2.24, 2.45) is 0 Å². The molecule has 0 saturated carbocycles. The zero-order valence-electron chi connectivity index (χ0n) is 11.3. The molecule has 0 fully saturated rings. The Kier molecular flexibility index (Phi) is 5.44. The zero-order valence-corrected chi connectivity index (χ0v) is 13.7. The molecule has 2 rings (SSSR count). The van der Waals surface area contributed by atoms with Gasteiger partial charge in [-0.1, -0.05) is 42.3 Å². The molecule has 1 nitrogen and oxygen atoms in total. The van der Waals surface area contributed by atoms with Gasteiger partial charge in [0.05, 0.1) is 14.7 Å². The Balaban J connectivity index is 2.41. The van der Waals surface area contributed by atoms with E-state index in [-0.39, 0.29) is 11.9 Å². The van der Waals surface area contributed by atoms with Gasteiger partial charge in [0.1, 0.15) is 5.82 Å². The van der Waals surface area contributed by atoms with Gasteiger partial charge >= 0.3 is 0 Å². The lowest BCUT2D eigenvalue weighted by Gasteiger charge is -2.19. The molecule has 0 aliphatic rings. The summed E-state index contributed by atoms with van der Waals surface area (Å²) in [7, 11) is 0. The van der Waals surface area contributed by atoms with E-state index in [2.05, 4.69) is 12.2 Å². The first-order valence-corrected chi connectivity index (χ1v) is 8.04. The fraction of sp³-hybridized carbons (Fsp3) is 0.333. The molecular formula is C15H16Cl2FNS. The summed E-state index contributed by atoms with van der Waals surface area (Å²) in [4.78, 5) is 0. The number of thiophene rings is 1. The Morgan fingerprint density at radius 1 is 1.30 bits per heavy atom. The molecule has 0 radical (unpaired) electrons. The van der Waals surface area contributed by atoms with Gasteiger partial charge in [0.25, 0.3) is 0 Å². The molecule has 0 bridgehead atoms. The molecule has 0 aliphatic heterocycles. The maximum Gasteiger partial charge on any atom is 0.126 e. The fourth-order valence-corrected chi connectivity index (χ4v) is 3.63. The van der Waals surface area contributed by atoms with Crippen LogP contribution in [0.15, 0.2) is 24.3 Å². The molecular weight excluding hydrogens is 316 g/mol. The van der Waals surface area contributed by atoms with Crippen LogP contribution >= 0.6 is 34.5 Å². The van der Waals surface area contributed by atoms with Crippen molar-refractivity contribution in [1.29, 1.82) is 0 Å². The lowest BCUT2D eigenvalue weighted by Crippen LogP contribution is -2.23. The smallest absolute Gasteiger partial charge is 0.126 e. The first kappa shape index (κ1) is 15.8. The van der Waals surface area contributed by atoms with Crippen molar-refractivity contribution in [1.82, 2.24) is 5.32 Å². The lowest BCUT2D eigenvalue weighted by atomic mass is 9.99. The molecule has 0 spiro atoms. The van der Waals surface area contributed by atoms with E-state index in [0.717, 1.165) is 24.1 Å². The van der Waals surface area contributed by atoms with Gasteiger partial charge in [0.15, 0.2) is 0 Å². The summed E-state index contributed by atoms with van der Waals surface area (Å²) in [6.07, 6.45) is 1.01. The highest BCUT2D eigenvalue weighted by Crippen LogP contribution is 2.37. The summed E-state index contributed by atoms with van der Waals surface area (Å²) in [6, 6.07) is 6.95. The molecule has 1 heterocycles. The summed E-state index contributed by atoms with van der Waals surface area (Å²) in [5, 5.41) is 3.44. The van der Waals surface area contributed by atoms with E-state index in [1.165, 1.54) is 17.4 Å². The van der Waals surface area contributed by atoms with Gasteiger partial charge in [-0.3, -0.25) is 0 Å². The summed E-state index contributed by atoms with van der Waals surface area (Å²) in [5.74, 6) is -0.197. The Labute approximate surface area is 132 Å². The van der Waals surface area contributed by atoms with Crippen LogP contribution < -0.4 is 5.32 Å². The third-order valence-electron chi connectivity index (χ3n) is 3.11. The molecule has 0 amide bonds. The predicted octanol–water partition coefficient (Wildman–Crippen LogP) is 5.59. The molecule has 1 unspecified atom stereocenters. The Morgan fingerprint density at radius 3 is 2.60 bits per heavy atom. The van der Waals surface area contributed by atoms with Gasteiger partial charge in [-0.15, -0.1) is 11.3 Å². The van der Waals surface area contributed by atoms with Crippen LogP contribution in [-0.4, -0.2) is 6.54 Å². The molecule has 20 heavy (non-hydrogen) atoms. The van der Waals surface area contributed by atoms with E-state index in [9.17, 15) is 4.39 Å². The number of rotatable bonds is 5. The van der Waals surface area contributed by atoms with Crippen molar-refractivity contribution >= 4 is 34.5 Å². The zero-order chi connectivity index (χ0) is 14.7. The third kappa shape index (κ3) is 3.53. The second-order valence-electron chi connectivity index (χ2n) is 4.68. The first-order valence-electron chi connectivity index (χ1n) is 6.47. The van der Waals surface area contributed by atoms with Crippen molar-refractivity contribution in [3.05, 3.63) is 55.4 Å². The number of hydrogen-bond acceptors (Lipinski definition) is 2. The number of nitrogens with one attached hydrogen (secondary N) is 1. The van der Waals surface area contributed by atoms with Crippen molar-refractivity contribution < 1.29 is 4.39 Å². The van der Waals surface area contributed by atoms with Crippen LogP contribution in [0, 0.1) is 12.7 Å². The molecule has 1 N–H and O–H groups in total. The Hall–Kier alpha value is -0.610. The van der Waals surface area contributed by atoms with E-state index in [4.69, 9.17) is 23.2 Å². The monoisotopic (exact) mass is 331 g/mol. The normalized spacial score (nSPS) is 12.7. The standard InChI is InChI=1S/C15H16Cl2FNS/c1-3-6-19-14(11-8-13(16)20-15(11)17)10-4-5-12(18)9(2)7-10/h4-5,7-8,14,19H,3,6H2,1-2H3. The van der Waals surface area contributed by atoms with Crippen molar-refractivity contribution in [3.8, 4) is 0 Å². The molecule has 1 aromatic carbocycles. The average Bonchev–Trinajstić information content (AvgIpc) is 2.73. The van der Waals surface area contributed by atoms with Crippen LogP contribution in [0.5, 0.6) is 0 Å². The van der Waals surface area contributed by atoms with Gasteiger partial charge in [0.2, 0.25) is 0 Å². The van der Waals surface area contributed by atoms with Crippen LogP contribution in [0.2, 0.25) is 8.67 Å².